The molecule has 8 nitrogen and oxygen atoms in total. The number of carbonyl (C=O) groups is 2. The maximum absolute atomic E-state index is 13.3. The zero-order valence-corrected chi connectivity index (χ0v) is 24.4. The quantitative estimate of drug-likeness (QED) is 0.117. The average molecular weight is 579 g/mol. The van der Waals surface area contributed by atoms with Crippen LogP contribution in [0.15, 0.2) is 91.0 Å². The van der Waals surface area contributed by atoms with Gasteiger partial charge in [0.1, 0.15) is 6.61 Å². The predicted molar refractivity (Wildman–Crippen MR) is 165 cm³/mol. The lowest BCUT2D eigenvalue weighted by Crippen LogP contribution is -2.21. The van der Waals surface area contributed by atoms with Gasteiger partial charge in [0.25, 0.3) is 5.69 Å². The van der Waals surface area contributed by atoms with Crippen molar-refractivity contribution in [3.8, 4) is 11.1 Å². The number of ether oxygens (including phenoxy) is 2. The van der Waals surface area contributed by atoms with Crippen LogP contribution in [0.2, 0.25) is 0 Å². The number of anilines is 1. The first-order valence-corrected chi connectivity index (χ1v) is 14.3. The van der Waals surface area contributed by atoms with Gasteiger partial charge < -0.3 is 9.47 Å². The number of nitrogens with one attached hydrogen (secondary N) is 1. The predicted octanol–water partition coefficient (Wildman–Crippen LogP) is 7.79. The molecule has 8 heteroatoms. The van der Waals surface area contributed by atoms with Crippen LogP contribution in [0.25, 0.3) is 11.1 Å². The molecule has 0 aromatic heterocycles. The van der Waals surface area contributed by atoms with Gasteiger partial charge in [-0.3, -0.25) is 20.2 Å². The molecule has 220 valence electrons. The van der Waals surface area contributed by atoms with Crippen molar-refractivity contribution in [1.29, 1.82) is 0 Å². The average Bonchev–Trinajstić information content (AvgIpc) is 3.31. The number of hydrogen-bond acceptors (Lipinski definition) is 6. The Balaban J connectivity index is 1.31. The molecule has 0 spiro atoms. The van der Waals surface area contributed by atoms with E-state index in [4.69, 9.17) is 9.47 Å². The fourth-order valence-corrected chi connectivity index (χ4v) is 5.56. The van der Waals surface area contributed by atoms with E-state index in [9.17, 15) is 19.7 Å². The number of nitro groups is 1. The molecule has 0 saturated carbocycles. The van der Waals surface area contributed by atoms with Crippen LogP contribution in [0, 0.1) is 23.0 Å². The number of esters is 1. The normalized spacial score (nSPS) is 12.7. The van der Waals surface area contributed by atoms with Crippen molar-refractivity contribution < 1.29 is 24.0 Å². The summed E-state index contributed by atoms with van der Waals surface area (Å²) in [6.45, 7) is 6.05. The monoisotopic (exact) mass is 578 g/mol. The molecule has 43 heavy (non-hydrogen) atoms. The number of rotatable bonds is 10. The van der Waals surface area contributed by atoms with Gasteiger partial charge in [-0.1, -0.05) is 80.6 Å². The second kappa shape index (κ2) is 12.9. The lowest BCUT2D eigenvalue weighted by Gasteiger charge is -2.19. The van der Waals surface area contributed by atoms with Crippen LogP contribution >= 0.6 is 0 Å². The molecule has 5 rings (SSSR count). The number of hydrogen-bond donors (Lipinski definition) is 1. The molecule has 4 aromatic carbocycles. The zero-order valence-electron chi connectivity index (χ0n) is 24.4. The van der Waals surface area contributed by atoms with Crippen molar-refractivity contribution in [3.63, 3.8) is 0 Å². The van der Waals surface area contributed by atoms with Gasteiger partial charge in [0, 0.05) is 23.2 Å². The minimum atomic E-state index is -0.677. The number of aryl methyl sites for hydroxylation is 1. The Morgan fingerprint density at radius 2 is 1.56 bits per heavy atom. The molecular formula is C35H34N2O6. The molecule has 1 unspecified atom stereocenters. The van der Waals surface area contributed by atoms with Crippen molar-refractivity contribution in [3.05, 3.63) is 129 Å². The molecule has 1 aliphatic carbocycles. The van der Waals surface area contributed by atoms with Crippen molar-refractivity contribution in [2.45, 2.75) is 39.0 Å². The van der Waals surface area contributed by atoms with E-state index in [2.05, 4.69) is 29.6 Å². The van der Waals surface area contributed by atoms with Crippen molar-refractivity contribution in [2.75, 3.05) is 18.5 Å². The minimum Gasteiger partial charge on any atom is -0.465 e. The number of nitrogens with zero attached hydrogens (tertiary/aromatic N) is 1. The maximum Gasteiger partial charge on any atom is 0.411 e. The largest absolute Gasteiger partial charge is 0.465 e. The van der Waals surface area contributed by atoms with Gasteiger partial charge in [-0.05, 0) is 70.8 Å². The number of benzene rings is 4. The summed E-state index contributed by atoms with van der Waals surface area (Å²) in [6.07, 6.45) is -0.312. The van der Waals surface area contributed by atoms with Gasteiger partial charge in [0.05, 0.1) is 17.4 Å². The van der Waals surface area contributed by atoms with E-state index >= 15 is 0 Å². The lowest BCUT2D eigenvalue weighted by molar-refractivity contribution is -0.385. The molecule has 1 N–H and O–H groups in total. The highest BCUT2D eigenvalue weighted by molar-refractivity contribution is 5.86. The first kappa shape index (κ1) is 29.5. The van der Waals surface area contributed by atoms with Gasteiger partial charge in [0.2, 0.25) is 0 Å². The highest BCUT2D eigenvalue weighted by Gasteiger charge is 2.29. The molecule has 1 aliphatic rings. The molecule has 1 atom stereocenters. The van der Waals surface area contributed by atoms with E-state index < -0.39 is 22.9 Å². The first-order valence-electron chi connectivity index (χ1n) is 14.3. The topological polar surface area (TPSA) is 108 Å². The Hall–Kier alpha value is -4.98. The molecule has 0 radical (unpaired) electrons. The third-order valence-corrected chi connectivity index (χ3v) is 7.62. The van der Waals surface area contributed by atoms with Crippen LogP contribution in [-0.2, 0) is 20.7 Å². The van der Waals surface area contributed by atoms with E-state index in [1.807, 2.05) is 44.2 Å². The number of nitro benzene ring substituents is 1. The summed E-state index contributed by atoms with van der Waals surface area (Å²) in [6, 6.07) is 28.2. The Kier molecular flexibility index (Phi) is 8.85. The second-order valence-corrected chi connectivity index (χ2v) is 11.2. The van der Waals surface area contributed by atoms with Gasteiger partial charge in [-0.25, -0.2) is 4.79 Å². The molecule has 0 aliphatic heterocycles. The summed E-state index contributed by atoms with van der Waals surface area (Å²) < 4.78 is 11.3. The summed E-state index contributed by atoms with van der Waals surface area (Å²) in [4.78, 5) is 37.0. The summed E-state index contributed by atoms with van der Waals surface area (Å²) in [7, 11) is 0. The molecular weight excluding hydrogens is 544 g/mol. The van der Waals surface area contributed by atoms with Crippen molar-refractivity contribution in [1.82, 2.24) is 0 Å². The third-order valence-electron chi connectivity index (χ3n) is 7.62. The first-order chi connectivity index (χ1) is 20.7. The zero-order chi connectivity index (χ0) is 30.5. The van der Waals surface area contributed by atoms with Gasteiger partial charge in [0.15, 0.2) is 0 Å². The molecule has 0 saturated heterocycles. The highest BCUT2D eigenvalue weighted by Crippen LogP contribution is 2.44. The Morgan fingerprint density at radius 3 is 2.19 bits per heavy atom. The standard InChI is InChI=1S/C35H34N2O6/c1-22(2)20-42-34(38)31(18-24-15-16-33(37(40)41)23(3)17-24)25-9-8-10-26(19-25)36-35(39)43-21-32-29-13-6-4-11-27(29)28-12-5-7-14-30(28)32/h4-17,19,22,31-32H,18,20-21H2,1-3H3,(H,36,39). The van der Waals surface area contributed by atoms with Crippen LogP contribution in [0.1, 0.15) is 53.5 Å². The van der Waals surface area contributed by atoms with Gasteiger partial charge in [-0.2, -0.15) is 0 Å². The lowest BCUT2D eigenvalue weighted by atomic mass is 9.91. The Bertz CT molecular complexity index is 1620. The molecule has 0 bridgehead atoms. The van der Waals surface area contributed by atoms with Crippen molar-refractivity contribution in [2.24, 2.45) is 5.92 Å². The second-order valence-electron chi connectivity index (χ2n) is 11.2. The fourth-order valence-electron chi connectivity index (χ4n) is 5.56. The van der Waals surface area contributed by atoms with E-state index in [0.717, 1.165) is 27.8 Å². The number of fused-ring (bicyclic) bond motifs is 3. The van der Waals surface area contributed by atoms with E-state index in [-0.39, 0.29) is 37.2 Å². The van der Waals surface area contributed by atoms with E-state index in [0.29, 0.717) is 16.8 Å². The number of amides is 1. The van der Waals surface area contributed by atoms with Crippen LogP contribution in [-0.4, -0.2) is 30.2 Å². The number of carbonyl (C=O) groups excluding carboxylic acids is 2. The summed E-state index contributed by atoms with van der Waals surface area (Å²) in [5.74, 6) is -0.977. The van der Waals surface area contributed by atoms with Crippen molar-refractivity contribution >= 4 is 23.4 Å². The van der Waals surface area contributed by atoms with Crippen LogP contribution < -0.4 is 5.32 Å². The van der Waals surface area contributed by atoms with Crippen LogP contribution in [0.3, 0.4) is 0 Å². The highest BCUT2D eigenvalue weighted by atomic mass is 16.6. The van der Waals surface area contributed by atoms with Crippen LogP contribution in [0.4, 0.5) is 16.2 Å². The molecule has 4 aromatic rings. The maximum atomic E-state index is 13.3. The van der Waals surface area contributed by atoms with E-state index in [1.165, 1.54) is 6.07 Å². The van der Waals surface area contributed by atoms with Crippen LogP contribution in [0.5, 0.6) is 0 Å². The summed E-state index contributed by atoms with van der Waals surface area (Å²) >= 11 is 0. The minimum absolute atomic E-state index is 0.0250. The smallest absolute Gasteiger partial charge is 0.411 e. The molecule has 1 amide bonds. The van der Waals surface area contributed by atoms with Gasteiger partial charge in [-0.15, -0.1) is 0 Å². The SMILES string of the molecule is Cc1cc(CC(C(=O)OCC(C)C)c2cccc(NC(=O)OCC3c4ccccc4-c4ccccc43)c2)ccc1[N+](=O)[O-]. The fraction of sp³-hybridized carbons (Fsp3) is 0.257. The molecule has 0 fully saturated rings. The summed E-state index contributed by atoms with van der Waals surface area (Å²) in [5, 5.41) is 14.1. The van der Waals surface area contributed by atoms with Gasteiger partial charge >= 0.3 is 12.1 Å². The Labute approximate surface area is 250 Å². The molecule has 0 heterocycles. The van der Waals surface area contributed by atoms with E-state index in [1.54, 1.807) is 37.3 Å². The summed E-state index contributed by atoms with van der Waals surface area (Å²) in [5.41, 5.74) is 7.00. The third kappa shape index (κ3) is 6.75. The Morgan fingerprint density at radius 1 is 0.884 bits per heavy atom.